The number of ether oxygens (including phenoxy) is 2. The van der Waals surface area contributed by atoms with Crippen LogP contribution in [0.4, 0.5) is 5.69 Å². The average molecular weight is 271 g/mol. The number of amides is 2. The number of methoxy groups -OCH3 is 1. The molecule has 0 unspecified atom stereocenters. The topological polar surface area (TPSA) is 55.8 Å². The molecule has 0 radical (unpaired) electrons. The Kier molecular flexibility index (Phi) is 2.29. The van der Waals surface area contributed by atoms with E-state index in [1.165, 1.54) is 4.90 Å². The van der Waals surface area contributed by atoms with Gasteiger partial charge in [0.05, 0.1) is 36.8 Å². The number of anilines is 1. The second kappa shape index (κ2) is 3.93. The molecule has 2 saturated heterocycles. The van der Waals surface area contributed by atoms with E-state index in [4.69, 9.17) is 9.47 Å². The molecule has 4 rings (SSSR count). The number of fused-ring (bicyclic) bond motifs is 5. The zero-order chi connectivity index (χ0) is 13.9. The van der Waals surface area contributed by atoms with E-state index in [-0.39, 0.29) is 35.9 Å². The molecule has 2 fully saturated rings. The fraction of sp³-hybridized carbons (Fsp3) is 0.333. The normalized spacial score (nSPS) is 34.0. The predicted molar refractivity (Wildman–Crippen MR) is 70.3 cm³/mol. The van der Waals surface area contributed by atoms with E-state index >= 15 is 0 Å². The van der Waals surface area contributed by atoms with Crippen LogP contribution in [-0.4, -0.2) is 31.1 Å². The van der Waals surface area contributed by atoms with E-state index in [9.17, 15) is 9.59 Å². The molecule has 4 atom stereocenters. The molecule has 3 aliphatic rings. The lowest BCUT2D eigenvalue weighted by Gasteiger charge is -2.18. The van der Waals surface area contributed by atoms with Crippen LogP contribution in [0, 0.1) is 11.8 Å². The first-order valence-electron chi connectivity index (χ1n) is 6.56. The second-order valence-electron chi connectivity index (χ2n) is 5.22. The molecule has 3 aliphatic heterocycles. The number of hydrogen-bond donors (Lipinski definition) is 0. The Hall–Kier alpha value is -2.14. The number of rotatable bonds is 2. The van der Waals surface area contributed by atoms with E-state index in [0.29, 0.717) is 11.4 Å². The summed E-state index contributed by atoms with van der Waals surface area (Å²) in [6.07, 6.45) is 3.26. The molecular formula is C15H13NO4. The van der Waals surface area contributed by atoms with Crippen LogP contribution in [0.2, 0.25) is 0 Å². The van der Waals surface area contributed by atoms with Crippen molar-refractivity contribution in [2.24, 2.45) is 11.8 Å². The summed E-state index contributed by atoms with van der Waals surface area (Å²) in [7, 11) is 1.56. The fourth-order valence-electron chi connectivity index (χ4n) is 3.31. The van der Waals surface area contributed by atoms with Crippen LogP contribution in [0.25, 0.3) is 0 Å². The summed E-state index contributed by atoms with van der Waals surface area (Å²) >= 11 is 0. The van der Waals surface area contributed by atoms with Crippen LogP contribution in [0.15, 0.2) is 36.4 Å². The summed E-state index contributed by atoms with van der Waals surface area (Å²) in [4.78, 5) is 26.3. The average Bonchev–Trinajstić information content (AvgIpc) is 3.13. The Labute approximate surface area is 115 Å². The van der Waals surface area contributed by atoms with Gasteiger partial charge in [0.1, 0.15) is 5.75 Å². The van der Waals surface area contributed by atoms with Crippen molar-refractivity contribution >= 4 is 17.5 Å². The Balaban J connectivity index is 1.74. The monoisotopic (exact) mass is 271 g/mol. The minimum atomic E-state index is -0.372. The molecule has 5 nitrogen and oxygen atoms in total. The maximum Gasteiger partial charge on any atom is 0.240 e. The maximum atomic E-state index is 12.5. The van der Waals surface area contributed by atoms with Gasteiger partial charge >= 0.3 is 0 Å². The van der Waals surface area contributed by atoms with Gasteiger partial charge in [0.2, 0.25) is 11.8 Å². The Morgan fingerprint density at radius 3 is 2.35 bits per heavy atom. The van der Waals surface area contributed by atoms with Crippen LogP contribution in [0.5, 0.6) is 5.75 Å². The molecule has 5 heteroatoms. The minimum absolute atomic E-state index is 0.176. The quantitative estimate of drug-likeness (QED) is 0.598. The summed E-state index contributed by atoms with van der Waals surface area (Å²) in [5.74, 6) is -0.472. The minimum Gasteiger partial charge on any atom is -0.497 e. The van der Waals surface area contributed by atoms with E-state index in [0.717, 1.165) is 0 Å². The molecule has 3 heterocycles. The lowest BCUT2D eigenvalue weighted by Crippen LogP contribution is -2.34. The summed E-state index contributed by atoms with van der Waals surface area (Å²) in [5.41, 5.74) is 0.563. The van der Waals surface area contributed by atoms with Gasteiger partial charge in [0.25, 0.3) is 0 Å². The first-order valence-corrected chi connectivity index (χ1v) is 6.56. The van der Waals surface area contributed by atoms with E-state index in [2.05, 4.69) is 0 Å². The number of imide groups is 1. The lowest BCUT2D eigenvalue weighted by atomic mass is 9.85. The van der Waals surface area contributed by atoms with Gasteiger partial charge in [-0.2, -0.15) is 0 Å². The highest BCUT2D eigenvalue weighted by molar-refractivity contribution is 6.23. The second-order valence-corrected chi connectivity index (χ2v) is 5.22. The standard InChI is InChI=1S/C15H13NO4/c1-19-9-4-2-3-8(7-9)16-14(17)12-10-5-6-11(20-10)13(12)15(16)18/h2-7,10-13H,1H3/t10-,11-,12+,13+/m1/s1. The van der Waals surface area contributed by atoms with Crippen molar-refractivity contribution < 1.29 is 19.1 Å². The molecule has 0 spiro atoms. The number of benzene rings is 1. The van der Waals surface area contributed by atoms with Crippen LogP contribution in [-0.2, 0) is 14.3 Å². The van der Waals surface area contributed by atoms with Gasteiger partial charge in [-0.15, -0.1) is 0 Å². The number of carbonyl (C=O) groups is 2. The fourth-order valence-corrected chi connectivity index (χ4v) is 3.31. The zero-order valence-electron chi connectivity index (χ0n) is 10.9. The highest BCUT2D eigenvalue weighted by atomic mass is 16.5. The van der Waals surface area contributed by atoms with Crippen LogP contribution in [0.3, 0.4) is 0 Å². The third-order valence-corrected chi connectivity index (χ3v) is 4.22. The van der Waals surface area contributed by atoms with Gasteiger partial charge in [-0.05, 0) is 12.1 Å². The third-order valence-electron chi connectivity index (χ3n) is 4.22. The first-order chi connectivity index (χ1) is 9.70. The lowest BCUT2D eigenvalue weighted by molar-refractivity contribution is -0.124. The zero-order valence-corrected chi connectivity index (χ0v) is 10.9. The SMILES string of the molecule is COc1cccc(N2C(=O)[C@@H]3[C@@H](C2=O)[C@H]2C=C[C@H]3O2)c1. The molecule has 2 amide bonds. The molecule has 1 aromatic carbocycles. The molecule has 0 aliphatic carbocycles. The third kappa shape index (κ3) is 1.35. The Morgan fingerprint density at radius 1 is 1.10 bits per heavy atom. The van der Waals surface area contributed by atoms with Crippen LogP contribution in [0.1, 0.15) is 0 Å². The molecule has 20 heavy (non-hydrogen) atoms. The van der Waals surface area contributed by atoms with Crippen LogP contribution >= 0.6 is 0 Å². The van der Waals surface area contributed by atoms with Crippen molar-refractivity contribution in [1.29, 1.82) is 0 Å². The summed E-state index contributed by atoms with van der Waals surface area (Å²) < 4.78 is 10.8. The van der Waals surface area contributed by atoms with Gasteiger partial charge < -0.3 is 9.47 Å². The Bertz CT molecular complexity index is 609. The summed E-state index contributed by atoms with van der Waals surface area (Å²) in [5, 5.41) is 0. The summed E-state index contributed by atoms with van der Waals surface area (Å²) in [6.45, 7) is 0. The highest BCUT2D eigenvalue weighted by Crippen LogP contribution is 2.46. The van der Waals surface area contributed by atoms with Gasteiger partial charge in [-0.25, -0.2) is 4.90 Å². The number of nitrogens with zero attached hydrogens (tertiary/aromatic N) is 1. The van der Waals surface area contributed by atoms with Crippen molar-refractivity contribution in [3.8, 4) is 5.75 Å². The van der Waals surface area contributed by atoms with Gasteiger partial charge in [0.15, 0.2) is 0 Å². The first kappa shape index (κ1) is 11.7. The van der Waals surface area contributed by atoms with E-state index in [1.54, 1.807) is 31.4 Å². The van der Waals surface area contributed by atoms with Crippen molar-refractivity contribution in [2.45, 2.75) is 12.2 Å². The molecule has 1 aromatic rings. The highest BCUT2D eigenvalue weighted by Gasteiger charge is 2.60. The van der Waals surface area contributed by atoms with Crippen molar-refractivity contribution in [3.05, 3.63) is 36.4 Å². The van der Waals surface area contributed by atoms with Crippen molar-refractivity contribution in [3.63, 3.8) is 0 Å². The smallest absolute Gasteiger partial charge is 0.240 e. The largest absolute Gasteiger partial charge is 0.497 e. The van der Waals surface area contributed by atoms with Gasteiger partial charge in [0, 0.05) is 6.07 Å². The summed E-state index contributed by atoms with van der Waals surface area (Å²) in [6, 6.07) is 7.00. The molecular weight excluding hydrogens is 258 g/mol. The Morgan fingerprint density at radius 2 is 1.75 bits per heavy atom. The molecule has 0 saturated carbocycles. The predicted octanol–water partition coefficient (Wildman–Crippen LogP) is 1.14. The van der Waals surface area contributed by atoms with Gasteiger partial charge in [-0.3, -0.25) is 9.59 Å². The molecule has 0 N–H and O–H groups in total. The van der Waals surface area contributed by atoms with E-state index in [1.807, 2.05) is 12.2 Å². The van der Waals surface area contributed by atoms with E-state index < -0.39 is 0 Å². The van der Waals surface area contributed by atoms with Crippen molar-refractivity contribution in [1.82, 2.24) is 0 Å². The molecule has 2 bridgehead atoms. The van der Waals surface area contributed by atoms with Gasteiger partial charge in [-0.1, -0.05) is 18.2 Å². The molecule has 102 valence electrons. The number of hydrogen-bond acceptors (Lipinski definition) is 4. The maximum absolute atomic E-state index is 12.5. The number of carbonyl (C=O) groups excluding carboxylic acids is 2. The van der Waals surface area contributed by atoms with Crippen LogP contribution < -0.4 is 9.64 Å². The molecule has 0 aromatic heterocycles. The van der Waals surface area contributed by atoms with Crippen molar-refractivity contribution in [2.75, 3.05) is 12.0 Å².